The highest BCUT2D eigenvalue weighted by Gasteiger charge is 2.52. The van der Waals surface area contributed by atoms with Crippen molar-refractivity contribution < 1.29 is 19.1 Å². The van der Waals surface area contributed by atoms with Crippen molar-refractivity contribution in [3.63, 3.8) is 0 Å². The van der Waals surface area contributed by atoms with Crippen LogP contribution in [-0.4, -0.2) is 37.2 Å². The van der Waals surface area contributed by atoms with Gasteiger partial charge in [-0.25, -0.2) is 9.78 Å². The smallest absolute Gasteiger partial charge is 0.337 e. The zero-order valence-electron chi connectivity index (χ0n) is 20.4. The van der Waals surface area contributed by atoms with Crippen molar-refractivity contribution in [2.45, 2.75) is 32.4 Å². The molecule has 8 heteroatoms. The van der Waals surface area contributed by atoms with Crippen LogP contribution in [0.2, 0.25) is 0 Å². The lowest BCUT2D eigenvalue weighted by Gasteiger charge is -2.46. The average molecular weight is 492 g/mol. The second kappa shape index (κ2) is 9.92. The van der Waals surface area contributed by atoms with Crippen LogP contribution in [0.4, 0.5) is 5.13 Å². The molecule has 0 fully saturated rings. The zero-order chi connectivity index (χ0) is 25.2. The number of esters is 2. The van der Waals surface area contributed by atoms with Gasteiger partial charge in [-0.3, -0.25) is 4.79 Å². The quantitative estimate of drug-likeness (QED) is 0.485. The first kappa shape index (κ1) is 24.5. The molecule has 0 spiro atoms. The van der Waals surface area contributed by atoms with E-state index >= 15 is 0 Å². The molecule has 0 amide bonds. The van der Waals surface area contributed by atoms with E-state index in [0.29, 0.717) is 16.4 Å². The Kier molecular flexibility index (Phi) is 6.93. The second-order valence-electron chi connectivity index (χ2n) is 8.64. The third kappa shape index (κ3) is 4.53. The molecule has 2 N–H and O–H groups in total. The molecule has 1 aliphatic heterocycles. The molecule has 2 aromatic carbocycles. The Morgan fingerprint density at radius 3 is 2.23 bits per heavy atom. The number of hydrogen-bond donors (Lipinski definition) is 2. The number of rotatable bonds is 6. The minimum atomic E-state index is -0.859. The number of nitrogens with one attached hydrogen (secondary N) is 2. The topological polar surface area (TPSA) is 89.5 Å². The van der Waals surface area contributed by atoms with Gasteiger partial charge in [0.1, 0.15) is 5.92 Å². The number of methoxy groups -OCH3 is 2. The van der Waals surface area contributed by atoms with Crippen molar-refractivity contribution in [1.82, 2.24) is 10.3 Å². The van der Waals surface area contributed by atoms with Gasteiger partial charge in [0.2, 0.25) is 0 Å². The molecular weight excluding hydrogens is 462 g/mol. The van der Waals surface area contributed by atoms with Gasteiger partial charge in [-0.1, -0.05) is 60.7 Å². The maximum atomic E-state index is 13.3. The number of allylic oxidation sites excluding steroid dienone is 1. The summed E-state index contributed by atoms with van der Waals surface area (Å²) in [6, 6.07) is 18.8. The number of ether oxygens (including phenoxy) is 2. The van der Waals surface area contributed by atoms with E-state index in [9.17, 15) is 9.59 Å². The van der Waals surface area contributed by atoms with Gasteiger partial charge in [-0.15, -0.1) is 11.3 Å². The standard InChI is InChI=1S/C27H29N3O4S/c1-16-20(24(31)33-4)23(29-26-28-22(17(2)35-26)18-12-8-6-9-13-18)21(25(32)34-5)27(3,30-16)19-14-10-7-11-15-19/h6-15,21,23,30H,1-5H3,(H,28,29). The van der Waals surface area contributed by atoms with Crippen LogP contribution in [0.25, 0.3) is 11.3 Å². The van der Waals surface area contributed by atoms with E-state index in [-0.39, 0.29) is 0 Å². The summed E-state index contributed by atoms with van der Waals surface area (Å²) in [5.74, 6) is -1.77. The summed E-state index contributed by atoms with van der Waals surface area (Å²) < 4.78 is 10.4. The van der Waals surface area contributed by atoms with Crippen molar-refractivity contribution in [3.8, 4) is 11.3 Å². The fourth-order valence-electron chi connectivity index (χ4n) is 4.80. The summed E-state index contributed by atoms with van der Waals surface area (Å²) in [6.45, 7) is 5.76. The molecule has 0 radical (unpaired) electrons. The van der Waals surface area contributed by atoms with E-state index in [1.165, 1.54) is 25.6 Å². The zero-order valence-corrected chi connectivity index (χ0v) is 21.2. The van der Waals surface area contributed by atoms with Crippen molar-refractivity contribution in [1.29, 1.82) is 0 Å². The fraction of sp³-hybridized carbons (Fsp3) is 0.296. The lowest BCUT2D eigenvalue weighted by Crippen LogP contribution is -2.60. The monoisotopic (exact) mass is 491 g/mol. The van der Waals surface area contributed by atoms with Gasteiger partial charge < -0.3 is 20.1 Å². The fourth-order valence-corrected chi connectivity index (χ4v) is 5.68. The number of carbonyl (C=O) groups is 2. The molecule has 7 nitrogen and oxygen atoms in total. The van der Waals surface area contributed by atoms with E-state index in [1.807, 2.05) is 81.4 Å². The molecule has 1 aliphatic rings. The molecule has 3 atom stereocenters. The van der Waals surface area contributed by atoms with Gasteiger partial charge in [-0.05, 0) is 26.3 Å². The summed E-state index contributed by atoms with van der Waals surface area (Å²) in [5.41, 5.74) is 2.85. The first-order chi connectivity index (χ1) is 16.8. The van der Waals surface area contributed by atoms with Crippen LogP contribution in [0.15, 0.2) is 71.9 Å². The summed E-state index contributed by atoms with van der Waals surface area (Å²) in [5, 5.41) is 7.43. The number of aromatic nitrogens is 1. The highest BCUT2D eigenvalue weighted by atomic mass is 32.1. The van der Waals surface area contributed by atoms with Crippen LogP contribution in [0.3, 0.4) is 0 Å². The number of aryl methyl sites for hydroxylation is 1. The van der Waals surface area contributed by atoms with Gasteiger partial charge in [0.05, 0.1) is 37.1 Å². The van der Waals surface area contributed by atoms with Crippen LogP contribution in [-0.2, 0) is 24.6 Å². The minimum Gasteiger partial charge on any atom is -0.469 e. The van der Waals surface area contributed by atoms with E-state index < -0.39 is 29.4 Å². The van der Waals surface area contributed by atoms with Gasteiger partial charge in [0.15, 0.2) is 5.13 Å². The van der Waals surface area contributed by atoms with Crippen LogP contribution in [0, 0.1) is 12.8 Å². The lowest BCUT2D eigenvalue weighted by atomic mass is 9.70. The summed E-state index contributed by atoms with van der Waals surface area (Å²) in [6.07, 6.45) is 0. The third-order valence-corrected chi connectivity index (χ3v) is 7.38. The lowest BCUT2D eigenvalue weighted by molar-refractivity contribution is -0.149. The molecule has 4 rings (SSSR count). The first-order valence-electron chi connectivity index (χ1n) is 11.3. The molecule has 1 aromatic heterocycles. The van der Waals surface area contributed by atoms with Crippen molar-refractivity contribution in [2.75, 3.05) is 19.5 Å². The van der Waals surface area contributed by atoms with E-state index in [0.717, 1.165) is 21.7 Å². The largest absolute Gasteiger partial charge is 0.469 e. The maximum absolute atomic E-state index is 13.3. The molecule has 35 heavy (non-hydrogen) atoms. The van der Waals surface area contributed by atoms with Gasteiger partial charge in [0.25, 0.3) is 0 Å². The van der Waals surface area contributed by atoms with E-state index in [1.54, 1.807) is 0 Å². The van der Waals surface area contributed by atoms with Crippen LogP contribution in [0.5, 0.6) is 0 Å². The van der Waals surface area contributed by atoms with E-state index in [4.69, 9.17) is 14.5 Å². The van der Waals surface area contributed by atoms with Gasteiger partial charge >= 0.3 is 11.9 Å². The van der Waals surface area contributed by atoms with Crippen molar-refractivity contribution >= 4 is 28.4 Å². The van der Waals surface area contributed by atoms with Crippen molar-refractivity contribution in [2.24, 2.45) is 5.92 Å². The molecule has 182 valence electrons. The van der Waals surface area contributed by atoms with Gasteiger partial charge in [0, 0.05) is 16.1 Å². The number of hydrogen-bond acceptors (Lipinski definition) is 8. The molecule has 0 saturated heterocycles. The normalized spacial score (nSPS) is 21.7. The third-order valence-electron chi connectivity index (χ3n) is 6.47. The predicted octanol–water partition coefficient (Wildman–Crippen LogP) is 4.65. The predicted molar refractivity (Wildman–Crippen MR) is 137 cm³/mol. The molecule has 2 heterocycles. The van der Waals surface area contributed by atoms with Crippen LogP contribution < -0.4 is 10.6 Å². The van der Waals surface area contributed by atoms with Gasteiger partial charge in [-0.2, -0.15) is 0 Å². The number of benzene rings is 2. The molecule has 3 unspecified atom stereocenters. The Hall–Kier alpha value is -3.65. The second-order valence-corrected chi connectivity index (χ2v) is 9.84. The van der Waals surface area contributed by atoms with E-state index in [2.05, 4.69) is 10.6 Å². The Balaban J connectivity index is 1.84. The summed E-state index contributed by atoms with van der Waals surface area (Å²) in [4.78, 5) is 32.1. The Morgan fingerprint density at radius 2 is 1.63 bits per heavy atom. The highest BCUT2D eigenvalue weighted by Crippen LogP contribution is 2.42. The number of carbonyl (C=O) groups excluding carboxylic acids is 2. The van der Waals surface area contributed by atoms with Crippen LogP contribution >= 0.6 is 11.3 Å². The summed E-state index contributed by atoms with van der Waals surface area (Å²) >= 11 is 1.47. The Bertz CT molecular complexity index is 1260. The number of nitrogens with zero attached hydrogens (tertiary/aromatic N) is 1. The SMILES string of the molecule is COC(=O)C1=C(C)NC(C)(c2ccccc2)C(C(=O)OC)C1Nc1nc(-c2ccccc2)c(C)s1. The Morgan fingerprint density at radius 1 is 1.00 bits per heavy atom. The molecule has 0 aliphatic carbocycles. The summed E-state index contributed by atoms with van der Waals surface area (Å²) in [7, 11) is 2.69. The average Bonchev–Trinajstić information content (AvgIpc) is 3.24. The Labute approximate surface area is 209 Å². The highest BCUT2D eigenvalue weighted by molar-refractivity contribution is 7.16. The minimum absolute atomic E-state index is 0.338. The molecule has 3 aromatic rings. The maximum Gasteiger partial charge on any atom is 0.337 e. The number of thiazole rings is 1. The molecular formula is C27H29N3O4S. The number of anilines is 1. The van der Waals surface area contributed by atoms with Crippen LogP contribution in [0.1, 0.15) is 24.3 Å². The van der Waals surface area contributed by atoms with Crippen molar-refractivity contribution in [3.05, 3.63) is 82.4 Å². The molecule has 0 bridgehead atoms. The first-order valence-corrected chi connectivity index (χ1v) is 12.1. The molecule has 0 saturated carbocycles.